The van der Waals surface area contributed by atoms with Crippen LogP contribution in [0.1, 0.15) is 18.7 Å². The van der Waals surface area contributed by atoms with E-state index >= 15 is 0 Å². The Balaban J connectivity index is 1.92. The topological polar surface area (TPSA) is 37.8 Å². The Labute approximate surface area is 80.1 Å². The minimum Gasteiger partial charge on any atom is -0.358 e. The van der Waals surface area contributed by atoms with Crippen molar-refractivity contribution in [1.29, 1.82) is 0 Å². The summed E-state index contributed by atoms with van der Waals surface area (Å²) >= 11 is 3.23. The van der Waals surface area contributed by atoms with Crippen LogP contribution in [0.5, 0.6) is 0 Å². The first kappa shape index (κ1) is 8.31. The largest absolute Gasteiger partial charge is 0.358 e. The van der Waals surface area contributed by atoms with E-state index in [1.165, 1.54) is 24.4 Å². The summed E-state index contributed by atoms with van der Waals surface area (Å²) in [6.07, 6.45) is 4.64. The van der Waals surface area contributed by atoms with E-state index < -0.39 is 0 Å². The third-order valence-corrected chi connectivity index (χ3v) is 2.88. The van der Waals surface area contributed by atoms with Crippen LogP contribution in [0.2, 0.25) is 0 Å². The van der Waals surface area contributed by atoms with E-state index in [1.807, 2.05) is 0 Å². The van der Waals surface area contributed by atoms with Crippen molar-refractivity contribution in [3.63, 3.8) is 0 Å². The molecular formula is C7H11N3S2. The van der Waals surface area contributed by atoms with Gasteiger partial charge in [-0.2, -0.15) is 16.1 Å². The molecule has 0 spiro atoms. The third-order valence-electron chi connectivity index (χ3n) is 1.65. The van der Waals surface area contributed by atoms with Crippen molar-refractivity contribution >= 4 is 28.4 Å². The molecule has 5 heteroatoms. The van der Waals surface area contributed by atoms with Gasteiger partial charge in [-0.15, -0.1) is 0 Å². The van der Waals surface area contributed by atoms with Gasteiger partial charge in [0.25, 0.3) is 0 Å². The smallest absolute Gasteiger partial charge is 0.202 e. The molecule has 0 aliphatic heterocycles. The van der Waals surface area contributed by atoms with Crippen LogP contribution in [-0.2, 0) is 5.75 Å². The fourth-order valence-electron chi connectivity index (χ4n) is 0.903. The maximum atomic E-state index is 4.36. The van der Waals surface area contributed by atoms with Crippen molar-refractivity contribution in [3.05, 3.63) is 5.82 Å². The van der Waals surface area contributed by atoms with Crippen molar-refractivity contribution in [2.45, 2.75) is 24.6 Å². The summed E-state index contributed by atoms with van der Waals surface area (Å²) < 4.78 is 4.23. The molecule has 2 rings (SSSR count). The SMILES string of the molecule is CSCc1nsc(NC2CC2)n1. The lowest BCUT2D eigenvalue weighted by molar-refractivity contribution is 1.09. The minimum atomic E-state index is 0.681. The molecule has 1 aliphatic carbocycles. The van der Waals surface area contributed by atoms with Crippen LogP contribution in [0.25, 0.3) is 0 Å². The predicted octanol–water partition coefficient (Wildman–Crippen LogP) is 1.98. The molecule has 0 aromatic carbocycles. The molecular weight excluding hydrogens is 190 g/mol. The number of aromatic nitrogens is 2. The number of nitrogens with zero attached hydrogens (tertiary/aromatic N) is 2. The summed E-state index contributed by atoms with van der Waals surface area (Å²) in [6, 6.07) is 0.681. The number of rotatable bonds is 4. The average Bonchev–Trinajstić information content (AvgIpc) is 2.74. The van der Waals surface area contributed by atoms with E-state index in [0.29, 0.717) is 6.04 Å². The summed E-state index contributed by atoms with van der Waals surface area (Å²) in [7, 11) is 0. The van der Waals surface area contributed by atoms with Gasteiger partial charge in [-0.05, 0) is 19.1 Å². The molecule has 1 aromatic heterocycles. The van der Waals surface area contributed by atoms with Gasteiger partial charge in [0, 0.05) is 17.6 Å². The first-order chi connectivity index (χ1) is 5.88. The molecule has 1 fully saturated rings. The van der Waals surface area contributed by atoms with Gasteiger partial charge in [0.05, 0.1) is 5.75 Å². The predicted molar refractivity (Wildman–Crippen MR) is 53.8 cm³/mol. The second-order valence-electron chi connectivity index (χ2n) is 2.87. The van der Waals surface area contributed by atoms with E-state index in [2.05, 4.69) is 20.9 Å². The Bertz CT molecular complexity index is 257. The molecule has 1 aliphatic rings. The zero-order valence-electron chi connectivity index (χ0n) is 6.91. The van der Waals surface area contributed by atoms with E-state index in [4.69, 9.17) is 0 Å². The zero-order chi connectivity index (χ0) is 8.39. The maximum absolute atomic E-state index is 4.36. The molecule has 1 saturated carbocycles. The highest BCUT2D eigenvalue weighted by atomic mass is 32.2. The van der Waals surface area contributed by atoms with Gasteiger partial charge < -0.3 is 5.32 Å². The van der Waals surface area contributed by atoms with Gasteiger partial charge in [-0.3, -0.25) is 0 Å². The average molecular weight is 201 g/mol. The van der Waals surface area contributed by atoms with E-state index in [-0.39, 0.29) is 0 Å². The Morgan fingerprint density at radius 3 is 3.17 bits per heavy atom. The van der Waals surface area contributed by atoms with Crippen LogP contribution in [0.3, 0.4) is 0 Å². The van der Waals surface area contributed by atoms with Gasteiger partial charge >= 0.3 is 0 Å². The lowest BCUT2D eigenvalue weighted by Gasteiger charge is -1.94. The number of hydrogen-bond acceptors (Lipinski definition) is 5. The Kier molecular flexibility index (Phi) is 2.51. The quantitative estimate of drug-likeness (QED) is 0.808. The second-order valence-corrected chi connectivity index (χ2v) is 4.49. The van der Waals surface area contributed by atoms with Crippen LogP contribution in [0.15, 0.2) is 0 Å². The van der Waals surface area contributed by atoms with Crippen LogP contribution in [-0.4, -0.2) is 21.7 Å². The molecule has 0 saturated heterocycles. The van der Waals surface area contributed by atoms with Gasteiger partial charge in [-0.25, -0.2) is 4.98 Å². The van der Waals surface area contributed by atoms with Crippen LogP contribution >= 0.6 is 23.3 Å². The Morgan fingerprint density at radius 1 is 1.67 bits per heavy atom. The molecule has 0 unspecified atom stereocenters. The number of anilines is 1. The lowest BCUT2D eigenvalue weighted by Crippen LogP contribution is -1.99. The molecule has 1 heterocycles. The molecule has 12 heavy (non-hydrogen) atoms. The summed E-state index contributed by atoms with van der Waals surface area (Å²) in [5.41, 5.74) is 0. The summed E-state index contributed by atoms with van der Waals surface area (Å²) in [4.78, 5) is 4.36. The maximum Gasteiger partial charge on any atom is 0.202 e. The first-order valence-corrected chi connectivity index (χ1v) is 6.13. The molecule has 0 atom stereocenters. The first-order valence-electron chi connectivity index (χ1n) is 3.96. The third kappa shape index (κ3) is 2.10. The van der Waals surface area contributed by atoms with Crippen molar-refractivity contribution in [1.82, 2.24) is 9.36 Å². The Hall–Kier alpha value is -0.290. The molecule has 1 aromatic rings. The molecule has 3 nitrogen and oxygen atoms in total. The highest BCUT2D eigenvalue weighted by Crippen LogP contribution is 2.25. The highest BCUT2D eigenvalue weighted by Gasteiger charge is 2.22. The molecule has 0 radical (unpaired) electrons. The van der Waals surface area contributed by atoms with Gasteiger partial charge in [0.15, 0.2) is 5.82 Å². The van der Waals surface area contributed by atoms with Crippen LogP contribution in [0, 0.1) is 0 Å². The van der Waals surface area contributed by atoms with E-state index in [9.17, 15) is 0 Å². The van der Waals surface area contributed by atoms with Crippen molar-refractivity contribution < 1.29 is 0 Å². The Morgan fingerprint density at radius 2 is 2.50 bits per heavy atom. The highest BCUT2D eigenvalue weighted by molar-refractivity contribution is 7.97. The summed E-state index contributed by atoms with van der Waals surface area (Å²) in [5.74, 6) is 1.87. The number of nitrogens with one attached hydrogen (secondary N) is 1. The monoisotopic (exact) mass is 201 g/mol. The van der Waals surface area contributed by atoms with Crippen molar-refractivity contribution in [3.8, 4) is 0 Å². The zero-order valence-corrected chi connectivity index (χ0v) is 8.54. The van der Waals surface area contributed by atoms with E-state index in [1.54, 1.807) is 11.8 Å². The molecule has 1 N–H and O–H groups in total. The summed E-state index contributed by atoms with van der Waals surface area (Å²) in [5, 5.41) is 4.32. The van der Waals surface area contributed by atoms with E-state index in [0.717, 1.165) is 16.7 Å². The molecule has 0 bridgehead atoms. The standard InChI is InChI=1S/C7H11N3S2/c1-11-4-6-9-7(12-10-6)8-5-2-3-5/h5H,2-4H2,1H3,(H,8,9,10). The number of thioether (sulfide) groups is 1. The van der Waals surface area contributed by atoms with Gasteiger partial charge in [-0.1, -0.05) is 0 Å². The van der Waals surface area contributed by atoms with Crippen molar-refractivity contribution in [2.75, 3.05) is 11.6 Å². The second kappa shape index (κ2) is 3.62. The summed E-state index contributed by atoms with van der Waals surface area (Å²) in [6.45, 7) is 0. The molecule has 66 valence electrons. The van der Waals surface area contributed by atoms with Gasteiger partial charge in [0.1, 0.15) is 0 Å². The minimum absolute atomic E-state index is 0.681. The normalized spacial score (nSPS) is 16.4. The van der Waals surface area contributed by atoms with Gasteiger partial charge in [0.2, 0.25) is 5.13 Å². The number of hydrogen-bond donors (Lipinski definition) is 1. The lowest BCUT2D eigenvalue weighted by atomic mass is 10.7. The molecule has 0 amide bonds. The fraction of sp³-hybridized carbons (Fsp3) is 0.714. The van der Waals surface area contributed by atoms with Crippen LogP contribution in [0.4, 0.5) is 5.13 Å². The fourth-order valence-corrected chi connectivity index (χ4v) is 2.03. The van der Waals surface area contributed by atoms with Crippen molar-refractivity contribution in [2.24, 2.45) is 0 Å². The van der Waals surface area contributed by atoms with Crippen LogP contribution < -0.4 is 5.32 Å².